The molecule has 186 valence electrons. The highest BCUT2D eigenvalue weighted by molar-refractivity contribution is 6.42. The predicted molar refractivity (Wildman–Crippen MR) is 143 cm³/mol. The molecular weight excluding hydrogens is 483 g/mol. The number of aromatic nitrogens is 2. The van der Waals surface area contributed by atoms with Crippen LogP contribution >= 0.6 is 23.2 Å². The van der Waals surface area contributed by atoms with Crippen LogP contribution in [0.4, 0.5) is 5.82 Å². The van der Waals surface area contributed by atoms with E-state index >= 15 is 0 Å². The fourth-order valence-electron chi connectivity index (χ4n) is 3.59. The summed E-state index contributed by atoms with van der Waals surface area (Å²) in [6.07, 6.45) is 0.967. The van der Waals surface area contributed by atoms with Crippen LogP contribution in [0.15, 0.2) is 54.6 Å². The lowest BCUT2D eigenvalue weighted by Gasteiger charge is -2.26. The number of aryl methyl sites for hydroxylation is 1. The Labute approximate surface area is 217 Å². The number of anilines is 1. The van der Waals surface area contributed by atoms with Crippen molar-refractivity contribution in [3.63, 3.8) is 0 Å². The van der Waals surface area contributed by atoms with E-state index in [-0.39, 0.29) is 29.8 Å². The molecule has 0 unspecified atom stereocenters. The molecule has 0 saturated heterocycles. The number of hydrogen-bond donors (Lipinski definition) is 1. The van der Waals surface area contributed by atoms with Gasteiger partial charge in [0, 0.05) is 23.9 Å². The van der Waals surface area contributed by atoms with Gasteiger partial charge in [-0.05, 0) is 44.0 Å². The van der Waals surface area contributed by atoms with Gasteiger partial charge < -0.3 is 10.2 Å². The summed E-state index contributed by atoms with van der Waals surface area (Å²) in [6.45, 7) is 9.91. The van der Waals surface area contributed by atoms with Crippen LogP contribution in [0.3, 0.4) is 0 Å². The molecule has 0 aliphatic carbocycles. The molecule has 0 atom stereocenters. The second kappa shape index (κ2) is 11.3. The predicted octanol–water partition coefficient (Wildman–Crippen LogP) is 6.28. The average Bonchev–Trinajstić information content (AvgIpc) is 3.22. The van der Waals surface area contributed by atoms with E-state index in [4.69, 9.17) is 28.3 Å². The van der Waals surface area contributed by atoms with Crippen LogP contribution in [-0.4, -0.2) is 39.1 Å². The number of rotatable bonds is 8. The van der Waals surface area contributed by atoms with Crippen molar-refractivity contribution in [1.82, 2.24) is 14.7 Å². The minimum atomic E-state index is -0.298. The van der Waals surface area contributed by atoms with Crippen LogP contribution in [-0.2, 0) is 21.4 Å². The Bertz CT molecular complexity index is 1180. The van der Waals surface area contributed by atoms with Crippen LogP contribution in [0.5, 0.6) is 0 Å². The molecular formula is C27H32Cl2N4O2. The van der Waals surface area contributed by atoms with Gasteiger partial charge in [0.1, 0.15) is 12.4 Å². The van der Waals surface area contributed by atoms with Gasteiger partial charge in [0.05, 0.1) is 21.4 Å². The van der Waals surface area contributed by atoms with Gasteiger partial charge in [-0.3, -0.25) is 9.59 Å². The van der Waals surface area contributed by atoms with Crippen molar-refractivity contribution >= 4 is 40.8 Å². The molecule has 6 nitrogen and oxygen atoms in total. The van der Waals surface area contributed by atoms with Crippen molar-refractivity contribution in [1.29, 1.82) is 0 Å². The monoisotopic (exact) mass is 514 g/mol. The lowest BCUT2D eigenvalue weighted by Crippen LogP contribution is -2.42. The molecule has 1 aromatic heterocycles. The Hall–Kier alpha value is -2.83. The number of nitrogens with one attached hydrogen (secondary N) is 1. The first-order valence-electron chi connectivity index (χ1n) is 11.6. The Morgan fingerprint density at radius 2 is 1.71 bits per heavy atom. The molecule has 0 fully saturated rings. The van der Waals surface area contributed by atoms with Crippen LogP contribution in [0, 0.1) is 0 Å². The van der Waals surface area contributed by atoms with Crippen molar-refractivity contribution in [2.45, 2.75) is 58.9 Å². The van der Waals surface area contributed by atoms with Crippen LogP contribution < -0.4 is 5.32 Å². The summed E-state index contributed by atoms with van der Waals surface area (Å²) in [5.41, 5.74) is 2.33. The minimum Gasteiger partial charge on any atom is -0.331 e. The average molecular weight is 515 g/mol. The zero-order valence-corrected chi connectivity index (χ0v) is 22.3. The Kier molecular flexibility index (Phi) is 8.62. The smallest absolute Gasteiger partial charge is 0.245 e. The van der Waals surface area contributed by atoms with E-state index in [9.17, 15) is 9.59 Å². The highest BCUT2D eigenvalue weighted by Gasteiger charge is 2.24. The molecule has 0 radical (unpaired) electrons. The molecule has 8 heteroatoms. The SMILES string of the molecule is CC(C)N(CC(=O)Nc1cc(C(C)(C)C)nn1-c1ccc(Cl)c(Cl)c1)C(=O)CCc1ccccc1. The molecule has 0 spiro atoms. The van der Waals surface area contributed by atoms with E-state index in [1.165, 1.54) is 0 Å². The van der Waals surface area contributed by atoms with Gasteiger partial charge in [-0.25, -0.2) is 4.68 Å². The summed E-state index contributed by atoms with van der Waals surface area (Å²) in [5, 5.41) is 8.48. The molecule has 1 heterocycles. The van der Waals surface area contributed by atoms with E-state index in [0.717, 1.165) is 11.3 Å². The molecule has 3 aromatic rings. The van der Waals surface area contributed by atoms with Gasteiger partial charge in [-0.15, -0.1) is 0 Å². The van der Waals surface area contributed by atoms with Gasteiger partial charge in [-0.1, -0.05) is 74.3 Å². The number of carbonyl (C=O) groups is 2. The normalized spacial score (nSPS) is 11.5. The number of hydrogen-bond acceptors (Lipinski definition) is 3. The number of amides is 2. The number of nitrogens with zero attached hydrogens (tertiary/aromatic N) is 3. The molecule has 0 bridgehead atoms. The highest BCUT2D eigenvalue weighted by Crippen LogP contribution is 2.29. The van der Waals surface area contributed by atoms with Crippen molar-refractivity contribution in [3.8, 4) is 5.69 Å². The minimum absolute atomic E-state index is 0.0529. The maximum Gasteiger partial charge on any atom is 0.245 e. The van der Waals surface area contributed by atoms with E-state index < -0.39 is 0 Å². The van der Waals surface area contributed by atoms with Gasteiger partial charge in [0.25, 0.3) is 0 Å². The molecule has 0 aliphatic heterocycles. The first-order valence-corrected chi connectivity index (χ1v) is 12.4. The van der Waals surface area contributed by atoms with E-state index in [0.29, 0.717) is 34.4 Å². The number of benzene rings is 2. The van der Waals surface area contributed by atoms with Crippen LogP contribution in [0.2, 0.25) is 10.0 Å². The number of carbonyl (C=O) groups excluding carboxylic acids is 2. The zero-order valence-electron chi connectivity index (χ0n) is 20.8. The third-order valence-corrected chi connectivity index (χ3v) is 6.36. The topological polar surface area (TPSA) is 67.2 Å². The van der Waals surface area contributed by atoms with E-state index in [2.05, 4.69) is 5.32 Å². The first-order chi connectivity index (χ1) is 16.5. The molecule has 1 N–H and O–H groups in total. The van der Waals surface area contributed by atoms with Gasteiger partial charge in [-0.2, -0.15) is 5.10 Å². The van der Waals surface area contributed by atoms with E-state index in [1.54, 1.807) is 27.8 Å². The summed E-state index contributed by atoms with van der Waals surface area (Å²) in [7, 11) is 0. The zero-order chi connectivity index (χ0) is 25.8. The lowest BCUT2D eigenvalue weighted by atomic mass is 9.92. The molecule has 0 saturated carbocycles. The van der Waals surface area contributed by atoms with Crippen LogP contribution in [0.25, 0.3) is 5.69 Å². The summed E-state index contributed by atoms with van der Waals surface area (Å²) in [5.74, 6) is 0.138. The highest BCUT2D eigenvalue weighted by atomic mass is 35.5. The molecule has 0 aliphatic rings. The third-order valence-electron chi connectivity index (χ3n) is 5.62. The van der Waals surface area contributed by atoms with Crippen molar-refractivity contribution < 1.29 is 9.59 Å². The molecule has 2 aromatic carbocycles. The largest absolute Gasteiger partial charge is 0.331 e. The van der Waals surface area contributed by atoms with Gasteiger partial charge in [0.15, 0.2) is 0 Å². The fraction of sp³-hybridized carbons (Fsp3) is 0.370. The lowest BCUT2D eigenvalue weighted by molar-refractivity contribution is -0.136. The van der Waals surface area contributed by atoms with Crippen molar-refractivity contribution in [2.24, 2.45) is 0 Å². The first kappa shape index (κ1) is 26.8. The second-order valence-electron chi connectivity index (χ2n) is 9.82. The molecule has 35 heavy (non-hydrogen) atoms. The van der Waals surface area contributed by atoms with Crippen molar-refractivity contribution in [2.75, 3.05) is 11.9 Å². The molecule has 3 rings (SSSR count). The van der Waals surface area contributed by atoms with E-state index in [1.807, 2.05) is 71.0 Å². The summed E-state index contributed by atoms with van der Waals surface area (Å²) < 4.78 is 1.64. The Morgan fingerprint density at radius 3 is 2.31 bits per heavy atom. The van der Waals surface area contributed by atoms with Crippen molar-refractivity contribution in [3.05, 3.63) is 75.9 Å². The number of halogens is 2. The molecule has 2 amide bonds. The standard InChI is InChI=1S/C27H32Cl2N4O2/c1-18(2)32(26(35)14-11-19-9-7-6-8-10-19)17-25(34)30-24-16-23(27(3,4)5)31-33(24)20-12-13-21(28)22(29)15-20/h6-10,12-13,15-16,18H,11,14,17H2,1-5H3,(H,30,34). The summed E-state index contributed by atoms with van der Waals surface area (Å²) in [4.78, 5) is 27.6. The Balaban J connectivity index is 1.78. The summed E-state index contributed by atoms with van der Waals surface area (Å²) >= 11 is 12.3. The summed E-state index contributed by atoms with van der Waals surface area (Å²) in [6, 6.07) is 16.8. The fourth-order valence-corrected chi connectivity index (χ4v) is 3.88. The quantitative estimate of drug-likeness (QED) is 0.384. The maximum atomic E-state index is 13.1. The third kappa shape index (κ3) is 7.09. The maximum absolute atomic E-state index is 13.1. The van der Waals surface area contributed by atoms with Gasteiger partial charge in [0.2, 0.25) is 11.8 Å². The van der Waals surface area contributed by atoms with Crippen LogP contribution in [0.1, 0.15) is 52.3 Å². The Morgan fingerprint density at radius 1 is 1.03 bits per heavy atom. The van der Waals surface area contributed by atoms with Gasteiger partial charge >= 0.3 is 0 Å². The second-order valence-corrected chi connectivity index (χ2v) is 10.6.